The predicted molar refractivity (Wildman–Crippen MR) is 79.2 cm³/mol. The number of nitrogens with zero attached hydrogens (tertiary/aromatic N) is 1. The van der Waals surface area contributed by atoms with Crippen molar-refractivity contribution in [1.82, 2.24) is 4.90 Å². The minimum absolute atomic E-state index is 0.0369. The smallest absolute Gasteiger partial charge is 0.254 e. The van der Waals surface area contributed by atoms with Gasteiger partial charge in [-0.2, -0.15) is 0 Å². The molecule has 0 spiro atoms. The number of aryl methyl sites for hydroxylation is 1. The summed E-state index contributed by atoms with van der Waals surface area (Å²) in [4.78, 5) is 14.4. The highest BCUT2D eigenvalue weighted by molar-refractivity contribution is 5.95. The maximum Gasteiger partial charge on any atom is 0.254 e. The molecule has 0 aliphatic carbocycles. The van der Waals surface area contributed by atoms with Gasteiger partial charge in [-0.15, -0.1) is 0 Å². The van der Waals surface area contributed by atoms with Crippen LogP contribution in [0, 0.1) is 24.1 Å². The zero-order valence-corrected chi connectivity index (χ0v) is 12.9. The fraction of sp³-hybridized carbons (Fsp3) is 0.588. The number of benzene rings is 1. The number of amides is 1. The Bertz CT molecular complexity index is 496. The molecule has 20 heavy (non-hydrogen) atoms. The predicted octanol–water partition coefficient (Wildman–Crippen LogP) is 4.03. The van der Waals surface area contributed by atoms with E-state index in [1.807, 2.05) is 4.90 Å². The first-order valence-corrected chi connectivity index (χ1v) is 7.34. The lowest BCUT2D eigenvalue weighted by Crippen LogP contribution is -2.41. The van der Waals surface area contributed by atoms with Gasteiger partial charge in [-0.25, -0.2) is 4.39 Å². The Labute approximate surface area is 121 Å². The molecule has 0 atom stereocenters. The Kier molecular flexibility index (Phi) is 4.17. The highest BCUT2D eigenvalue weighted by atomic mass is 19.1. The number of carbonyl (C=O) groups excluding carboxylic acids is 1. The van der Waals surface area contributed by atoms with Crippen molar-refractivity contribution in [2.45, 2.75) is 40.5 Å². The van der Waals surface area contributed by atoms with Gasteiger partial charge in [0.15, 0.2) is 0 Å². The standard InChI is InChI=1S/C17H24FNO/c1-12-11-14(18)5-6-15(12)16(20)19-9-7-13(8-10-19)17(2,3)4/h5-6,11,13H,7-10H2,1-4H3. The van der Waals surface area contributed by atoms with Gasteiger partial charge in [-0.05, 0) is 54.9 Å². The summed E-state index contributed by atoms with van der Waals surface area (Å²) < 4.78 is 13.1. The fourth-order valence-electron chi connectivity index (χ4n) is 2.99. The molecular formula is C17H24FNO. The van der Waals surface area contributed by atoms with E-state index in [2.05, 4.69) is 20.8 Å². The summed E-state index contributed by atoms with van der Waals surface area (Å²) in [5.41, 5.74) is 1.65. The molecule has 3 heteroatoms. The third kappa shape index (κ3) is 3.20. The number of likely N-dealkylation sites (tertiary alicyclic amines) is 1. The van der Waals surface area contributed by atoms with Crippen LogP contribution in [0.4, 0.5) is 4.39 Å². The second-order valence-electron chi connectivity index (χ2n) is 6.89. The van der Waals surface area contributed by atoms with Gasteiger partial charge in [-0.3, -0.25) is 4.79 Å². The molecule has 1 aliphatic rings. The number of carbonyl (C=O) groups is 1. The summed E-state index contributed by atoms with van der Waals surface area (Å²) in [5.74, 6) is 0.418. The third-order valence-corrected chi connectivity index (χ3v) is 4.43. The second-order valence-corrected chi connectivity index (χ2v) is 6.89. The molecule has 0 unspecified atom stereocenters. The average molecular weight is 277 g/mol. The van der Waals surface area contributed by atoms with Crippen molar-refractivity contribution in [3.8, 4) is 0 Å². The van der Waals surface area contributed by atoms with Crippen LogP contribution in [-0.4, -0.2) is 23.9 Å². The van der Waals surface area contributed by atoms with Gasteiger partial charge >= 0.3 is 0 Å². The molecule has 1 fully saturated rings. The molecule has 0 radical (unpaired) electrons. The van der Waals surface area contributed by atoms with E-state index in [4.69, 9.17) is 0 Å². The molecule has 1 heterocycles. The molecule has 1 saturated heterocycles. The molecule has 0 bridgehead atoms. The first kappa shape index (κ1) is 15.0. The van der Waals surface area contributed by atoms with Gasteiger partial charge in [0.05, 0.1) is 0 Å². The number of rotatable bonds is 1. The molecule has 1 aliphatic heterocycles. The van der Waals surface area contributed by atoms with Crippen LogP contribution in [-0.2, 0) is 0 Å². The molecule has 0 saturated carbocycles. The minimum Gasteiger partial charge on any atom is -0.339 e. The van der Waals surface area contributed by atoms with E-state index in [0.717, 1.165) is 25.9 Å². The van der Waals surface area contributed by atoms with Crippen molar-refractivity contribution in [3.63, 3.8) is 0 Å². The van der Waals surface area contributed by atoms with Crippen molar-refractivity contribution in [1.29, 1.82) is 0 Å². The number of hydrogen-bond donors (Lipinski definition) is 0. The van der Waals surface area contributed by atoms with Gasteiger partial charge in [0, 0.05) is 18.7 Å². The van der Waals surface area contributed by atoms with Crippen LogP contribution >= 0.6 is 0 Å². The van der Waals surface area contributed by atoms with Crippen molar-refractivity contribution in [3.05, 3.63) is 35.1 Å². The second kappa shape index (κ2) is 5.55. The topological polar surface area (TPSA) is 20.3 Å². The van der Waals surface area contributed by atoms with Crippen LogP contribution in [0.5, 0.6) is 0 Å². The lowest BCUT2D eigenvalue weighted by atomic mass is 9.75. The molecule has 110 valence electrons. The summed E-state index contributed by atoms with van der Waals surface area (Å²) in [5, 5.41) is 0. The largest absolute Gasteiger partial charge is 0.339 e. The SMILES string of the molecule is Cc1cc(F)ccc1C(=O)N1CCC(C(C)(C)C)CC1. The summed E-state index contributed by atoms with van der Waals surface area (Å²) in [6.45, 7) is 10.2. The highest BCUT2D eigenvalue weighted by Gasteiger charge is 2.30. The van der Waals surface area contributed by atoms with Gasteiger partial charge in [0.1, 0.15) is 5.82 Å². The maximum atomic E-state index is 13.1. The van der Waals surface area contributed by atoms with Gasteiger partial charge in [0.2, 0.25) is 0 Å². The lowest BCUT2D eigenvalue weighted by molar-refractivity contribution is 0.0608. The van der Waals surface area contributed by atoms with Crippen molar-refractivity contribution in [2.24, 2.45) is 11.3 Å². The zero-order chi connectivity index (χ0) is 14.9. The summed E-state index contributed by atoms with van der Waals surface area (Å²) in [6, 6.07) is 4.39. The Balaban J connectivity index is 2.05. The average Bonchev–Trinajstić information content (AvgIpc) is 2.37. The van der Waals surface area contributed by atoms with E-state index in [-0.39, 0.29) is 11.7 Å². The Hall–Kier alpha value is -1.38. The van der Waals surface area contributed by atoms with E-state index < -0.39 is 0 Å². The normalized spacial score (nSPS) is 17.4. The summed E-state index contributed by atoms with van der Waals surface area (Å²) in [6.07, 6.45) is 2.10. The summed E-state index contributed by atoms with van der Waals surface area (Å²) in [7, 11) is 0. The first-order chi connectivity index (χ1) is 9.29. The van der Waals surface area contributed by atoms with Gasteiger partial charge < -0.3 is 4.90 Å². The molecule has 1 aromatic rings. The van der Waals surface area contributed by atoms with Crippen LogP contribution in [0.25, 0.3) is 0 Å². The van der Waals surface area contributed by atoms with Gasteiger partial charge in [0.25, 0.3) is 5.91 Å². The van der Waals surface area contributed by atoms with E-state index in [1.165, 1.54) is 12.1 Å². The quantitative estimate of drug-likeness (QED) is 0.759. The molecule has 0 N–H and O–H groups in total. The molecule has 1 aromatic carbocycles. The van der Waals surface area contributed by atoms with Crippen LogP contribution in [0.1, 0.15) is 49.5 Å². The van der Waals surface area contributed by atoms with Crippen LogP contribution in [0.2, 0.25) is 0 Å². The third-order valence-electron chi connectivity index (χ3n) is 4.43. The van der Waals surface area contributed by atoms with E-state index in [1.54, 1.807) is 13.0 Å². The van der Waals surface area contributed by atoms with Crippen molar-refractivity contribution < 1.29 is 9.18 Å². The van der Waals surface area contributed by atoms with Crippen LogP contribution in [0.3, 0.4) is 0 Å². The zero-order valence-electron chi connectivity index (χ0n) is 12.9. The molecule has 1 amide bonds. The first-order valence-electron chi connectivity index (χ1n) is 7.34. The van der Waals surface area contributed by atoms with Gasteiger partial charge in [-0.1, -0.05) is 20.8 Å². The van der Waals surface area contributed by atoms with Crippen molar-refractivity contribution >= 4 is 5.91 Å². The van der Waals surface area contributed by atoms with Crippen molar-refractivity contribution in [2.75, 3.05) is 13.1 Å². The maximum absolute atomic E-state index is 13.1. The molecule has 2 rings (SSSR count). The highest BCUT2D eigenvalue weighted by Crippen LogP contribution is 2.34. The number of hydrogen-bond acceptors (Lipinski definition) is 1. The number of halogens is 1. The van der Waals surface area contributed by atoms with Crippen LogP contribution < -0.4 is 0 Å². The monoisotopic (exact) mass is 277 g/mol. The lowest BCUT2D eigenvalue weighted by Gasteiger charge is -2.39. The van der Waals surface area contributed by atoms with E-state index >= 15 is 0 Å². The van der Waals surface area contributed by atoms with E-state index in [9.17, 15) is 9.18 Å². The number of piperidine rings is 1. The minimum atomic E-state index is -0.287. The van der Waals surface area contributed by atoms with Crippen LogP contribution in [0.15, 0.2) is 18.2 Å². The molecule has 0 aromatic heterocycles. The molecule has 2 nitrogen and oxygen atoms in total. The summed E-state index contributed by atoms with van der Waals surface area (Å²) >= 11 is 0. The van der Waals surface area contributed by atoms with E-state index in [0.29, 0.717) is 22.5 Å². The fourth-order valence-corrected chi connectivity index (χ4v) is 2.99. The Morgan fingerprint density at radius 2 is 1.85 bits per heavy atom. The Morgan fingerprint density at radius 3 is 2.35 bits per heavy atom. The molecular weight excluding hydrogens is 253 g/mol. The Morgan fingerprint density at radius 1 is 1.25 bits per heavy atom.